The van der Waals surface area contributed by atoms with Gasteiger partial charge in [-0.05, 0) is 76.6 Å². The molecule has 5 nitrogen and oxygen atoms in total. The molecule has 0 aliphatic carbocycles. The van der Waals surface area contributed by atoms with Gasteiger partial charge in [-0.3, -0.25) is 4.98 Å². The highest BCUT2D eigenvalue weighted by Gasteiger charge is 2.50. The number of carbonyl (C=O) groups excluding carboxylic acids is 1. The zero-order chi connectivity index (χ0) is 23.6. The van der Waals surface area contributed by atoms with Crippen molar-refractivity contribution in [3.63, 3.8) is 0 Å². The molecule has 5 heteroatoms. The third kappa shape index (κ3) is 3.75. The van der Waals surface area contributed by atoms with Crippen molar-refractivity contribution >= 4 is 17.3 Å². The highest BCUT2D eigenvalue weighted by molar-refractivity contribution is 5.95. The molecule has 3 aromatic rings. The minimum Gasteiger partial charge on any atom is -0.439 e. The van der Waals surface area contributed by atoms with Crippen molar-refractivity contribution in [2.75, 3.05) is 36.0 Å². The van der Waals surface area contributed by atoms with Crippen LogP contribution in [0.1, 0.15) is 60.4 Å². The summed E-state index contributed by atoms with van der Waals surface area (Å²) in [6, 6.07) is 18.4. The SMILES string of the molecule is CCN(CC)c1ccc(C2(c3ccc(N(CC)CC)cc3C)OC(=O)c3cccnc32)cc1. The Hall–Kier alpha value is -3.34. The van der Waals surface area contributed by atoms with Crippen molar-refractivity contribution in [2.24, 2.45) is 0 Å². The van der Waals surface area contributed by atoms with Gasteiger partial charge < -0.3 is 14.5 Å². The lowest BCUT2D eigenvalue weighted by atomic mass is 9.80. The molecule has 0 spiro atoms. The van der Waals surface area contributed by atoms with Crippen LogP contribution in [0.15, 0.2) is 60.8 Å². The van der Waals surface area contributed by atoms with Crippen LogP contribution in [0.2, 0.25) is 0 Å². The van der Waals surface area contributed by atoms with Crippen molar-refractivity contribution in [2.45, 2.75) is 40.2 Å². The zero-order valence-corrected chi connectivity index (χ0v) is 20.3. The van der Waals surface area contributed by atoms with Crippen molar-refractivity contribution in [3.8, 4) is 0 Å². The molecule has 0 saturated carbocycles. The first kappa shape index (κ1) is 22.8. The molecule has 0 amide bonds. The number of pyridine rings is 1. The fourth-order valence-corrected chi connectivity index (χ4v) is 4.95. The average Bonchev–Trinajstić information content (AvgIpc) is 3.14. The average molecular weight is 444 g/mol. The second-order valence-electron chi connectivity index (χ2n) is 8.36. The van der Waals surface area contributed by atoms with Crippen LogP contribution in [0.3, 0.4) is 0 Å². The lowest BCUT2D eigenvalue weighted by Gasteiger charge is -2.32. The van der Waals surface area contributed by atoms with Crippen molar-refractivity contribution in [3.05, 3.63) is 88.7 Å². The Balaban J connectivity index is 1.91. The molecular weight excluding hydrogens is 410 g/mol. The second kappa shape index (κ2) is 9.26. The molecule has 33 heavy (non-hydrogen) atoms. The van der Waals surface area contributed by atoms with Crippen LogP contribution in [0.25, 0.3) is 0 Å². The number of nitrogens with zero attached hydrogens (tertiary/aromatic N) is 3. The van der Waals surface area contributed by atoms with Crippen LogP contribution in [0.5, 0.6) is 0 Å². The molecule has 1 atom stereocenters. The van der Waals surface area contributed by atoms with E-state index in [1.807, 2.05) is 0 Å². The van der Waals surface area contributed by atoms with Crippen LogP contribution in [-0.2, 0) is 10.3 Å². The molecule has 2 aromatic carbocycles. The maximum atomic E-state index is 13.0. The summed E-state index contributed by atoms with van der Waals surface area (Å²) in [5, 5.41) is 0. The number of esters is 1. The maximum absolute atomic E-state index is 13.0. The van der Waals surface area contributed by atoms with E-state index in [1.165, 1.54) is 5.69 Å². The van der Waals surface area contributed by atoms with Gasteiger partial charge in [-0.25, -0.2) is 4.79 Å². The third-order valence-electron chi connectivity index (χ3n) is 6.73. The van der Waals surface area contributed by atoms with Gasteiger partial charge in [0.05, 0.1) is 5.56 Å². The van der Waals surface area contributed by atoms with Gasteiger partial charge in [-0.1, -0.05) is 18.2 Å². The Morgan fingerprint density at radius 1 is 0.848 bits per heavy atom. The Kier molecular flexibility index (Phi) is 6.41. The largest absolute Gasteiger partial charge is 0.439 e. The van der Waals surface area contributed by atoms with Gasteiger partial charge in [0.1, 0.15) is 5.69 Å². The molecule has 1 unspecified atom stereocenters. The normalized spacial score (nSPS) is 16.9. The molecular formula is C28H33N3O2. The van der Waals surface area contributed by atoms with Crippen LogP contribution < -0.4 is 9.80 Å². The number of hydrogen-bond acceptors (Lipinski definition) is 5. The van der Waals surface area contributed by atoms with Gasteiger partial charge in [-0.15, -0.1) is 0 Å². The van der Waals surface area contributed by atoms with Crippen molar-refractivity contribution in [1.29, 1.82) is 0 Å². The van der Waals surface area contributed by atoms with Crippen LogP contribution >= 0.6 is 0 Å². The van der Waals surface area contributed by atoms with Crippen LogP contribution in [0, 0.1) is 6.92 Å². The number of anilines is 2. The van der Waals surface area contributed by atoms with E-state index in [2.05, 4.69) is 91.9 Å². The number of ether oxygens (including phenoxy) is 1. The number of carbonyl (C=O) groups is 1. The highest BCUT2D eigenvalue weighted by Crippen LogP contribution is 2.47. The quantitative estimate of drug-likeness (QED) is 0.428. The number of cyclic esters (lactones) is 1. The first-order valence-corrected chi connectivity index (χ1v) is 11.9. The number of aryl methyl sites for hydroxylation is 1. The Labute approximate surface area is 197 Å². The number of fused-ring (bicyclic) bond motifs is 1. The van der Waals surface area contributed by atoms with Gasteiger partial charge in [0, 0.05) is 54.9 Å². The standard InChI is InChI=1S/C28H33N3O2/c1-6-30(7-2)22-14-12-21(13-15-22)28(26-24(27(32)33-28)11-10-18-29-26)25-17-16-23(19-20(25)5)31(8-3)9-4/h10-19H,6-9H2,1-5H3. The molecule has 0 bridgehead atoms. The van der Waals surface area contributed by atoms with E-state index in [9.17, 15) is 4.79 Å². The topological polar surface area (TPSA) is 45.7 Å². The van der Waals surface area contributed by atoms with E-state index in [4.69, 9.17) is 4.74 Å². The van der Waals surface area contributed by atoms with E-state index in [-0.39, 0.29) is 5.97 Å². The molecule has 1 aliphatic heterocycles. The summed E-state index contributed by atoms with van der Waals surface area (Å²) in [5.74, 6) is -0.335. The monoisotopic (exact) mass is 443 g/mol. The minimum atomic E-state index is -1.07. The summed E-state index contributed by atoms with van der Waals surface area (Å²) in [6.45, 7) is 14.5. The minimum absolute atomic E-state index is 0.335. The molecule has 2 heterocycles. The van der Waals surface area contributed by atoms with Crippen molar-refractivity contribution in [1.82, 2.24) is 4.98 Å². The van der Waals surface area contributed by atoms with Gasteiger partial charge in [-0.2, -0.15) is 0 Å². The van der Waals surface area contributed by atoms with Gasteiger partial charge >= 0.3 is 5.97 Å². The fraction of sp³-hybridized carbons (Fsp3) is 0.357. The summed E-state index contributed by atoms with van der Waals surface area (Å²) in [7, 11) is 0. The summed E-state index contributed by atoms with van der Waals surface area (Å²) < 4.78 is 6.25. The molecule has 0 saturated heterocycles. The predicted octanol–water partition coefficient (Wildman–Crippen LogP) is 5.54. The Morgan fingerprint density at radius 3 is 2.06 bits per heavy atom. The van der Waals surface area contributed by atoms with Gasteiger partial charge in [0.15, 0.2) is 0 Å². The van der Waals surface area contributed by atoms with Crippen LogP contribution in [0.4, 0.5) is 11.4 Å². The Bertz CT molecular complexity index is 1130. The zero-order valence-electron chi connectivity index (χ0n) is 20.3. The maximum Gasteiger partial charge on any atom is 0.341 e. The second-order valence-corrected chi connectivity index (χ2v) is 8.36. The number of aromatic nitrogens is 1. The first-order valence-electron chi connectivity index (χ1n) is 11.9. The molecule has 0 N–H and O–H groups in total. The fourth-order valence-electron chi connectivity index (χ4n) is 4.95. The number of benzene rings is 2. The summed E-state index contributed by atoms with van der Waals surface area (Å²) in [4.78, 5) is 22.3. The van der Waals surface area contributed by atoms with Gasteiger partial charge in [0.25, 0.3) is 0 Å². The highest BCUT2D eigenvalue weighted by atomic mass is 16.6. The molecule has 0 fully saturated rings. The summed E-state index contributed by atoms with van der Waals surface area (Å²) in [5.41, 5.74) is 5.35. The summed E-state index contributed by atoms with van der Waals surface area (Å²) in [6.07, 6.45) is 1.74. The van der Waals surface area contributed by atoms with E-state index >= 15 is 0 Å². The van der Waals surface area contributed by atoms with E-state index in [0.717, 1.165) is 48.6 Å². The van der Waals surface area contributed by atoms with E-state index < -0.39 is 5.60 Å². The molecule has 0 radical (unpaired) electrons. The van der Waals surface area contributed by atoms with Crippen LogP contribution in [-0.4, -0.2) is 37.1 Å². The van der Waals surface area contributed by atoms with E-state index in [1.54, 1.807) is 18.3 Å². The predicted molar refractivity (Wildman–Crippen MR) is 134 cm³/mol. The lowest BCUT2D eigenvalue weighted by molar-refractivity contribution is 0.0242. The molecule has 1 aromatic heterocycles. The van der Waals surface area contributed by atoms with Crippen molar-refractivity contribution < 1.29 is 9.53 Å². The number of hydrogen-bond donors (Lipinski definition) is 0. The van der Waals surface area contributed by atoms with Gasteiger partial charge in [0.2, 0.25) is 5.60 Å². The molecule has 172 valence electrons. The summed E-state index contributed by atoms with van der Waals surface area (Å²) >= 11 is 0. The third-order valence-corrected chi connectivity index (χ3v) is 6.73. The van der Waals surface area contributed by atoms with E-state index in [0.29, 0.717) is 11.3 Å². The first-order chi connectivity index (χ1) is 16.0. The smallest absolute Gasteiger partial charge is 0.341 e. The molecule has 4 rings (SSSR count). The number of rotatable bonds is 8. The lowest BCUT2D eigenvalue weighted by Crippen LogP contribution is -2.32. The molecule has 1 aliphatic rings. The Morgan fingerprint density at radius 2 is 1.45 bits per heavy atom.